The number of rotatable bonds is 7. The van der Waals surface area contributed by atoms with Crippen LogP contribution in [0.2, 0.25) is 0 Å². The van der Waals surface area contributed by atoms with E-state index in [2.05, 4.69) is 25.8 Å². The zero-order valence-corrected chi connectivity index (χ0v) is 13.8. The summed E-state index contributed by atoms with van der Waals surface area (Å²) in [6, 6.07) is 12.6. The van der Waals surface area contributed by atoms with Gasteiger partial charge >= 0.3 is 0 Å². The first-order chi connectivity index (χ1) is 12.3. The van der Waals surface area contributed by atoms with Crippen molar-refractivity contribution < 1.29 is 9.53 Å². The van der Waals surface area contributed by atoms with Crippen LogP contribution in [0.25, 0.3) is 0 Å². The molecule has 1 aromatic carbocycles. The number of nitrogens with one attached hydrogen (secondary N) is 1. The van der Waals surface area contributed by atoms with Gasteiger partial charge in [0, 0.05) is 18.3 Å². The molecular weight excluding hydrogens is 320 g/mol. The number of hydrogen-bond donors (Lipinski definition) is 1. The molecule has 0 fully saturated rings. The van der Waals surface area contributed by atoms with Crippen molar-refractivity contribution in [2.24, 2.45) is 0 Å². The Morgan fingerprint density at radius 2 is 2.16 bits per heavy atom. The van der Waals surface area contributed by atoms with Gasteiger partial charge in [-0.1, -0.05) is 12.1 Å². The zero-order valence-electron chi connectivity index (χ0n) is 13.8. The van der Waals surface area contributed by atoms with Gasteiger partial charge in [0.2, 0.25) is 0 Å². The second-order valence-corrected chi connectivity index (χ2v) is 5.23. The molecule has 0 spiro atoms. The summed E-state index contributed by atoms with van der Waals surface area (Å²) in [5.41, 5.74) is 1.32. The van der Waals surface area contributed by atoms with Gasteiger partial charge in [-0.2, -0.15) is 0 Å². The standard InChI is InChI=1S/C17H18N6O2/c1-2-23-16(20-21-22-23)12-25-15-8-5-6-13(10-15)17(24)19-11-14-7-3-4-9-18-14/h3-10H,2,11-12H2,1H3,(H,19,24). The number of aryl methyl sites for hydroxylation is 1. The Kier molecular flexibility index (Phi) is 5.30. The first kappa shape index (κ1) is 16.6. The molecule has 0 aliphatic rings. The minimum Gasteiger partial charge on any atom is -0.486 e. The second kappa shape index (κ2) is 8.00. The largest absolute Gasteiger partial charge is 0.486 e. The van der Waals surface area contributed by atoms with E-state index in [9.17, 15) is 4.79 Å². The lowest BCUT2D eigenvalue weighted by molar-refractivity contribution is 0.0950. The van der Waals surface area contributed by atoms with E-state index in [1.54, 1.807) is 35.1 Å². The summed E-state index contributed by atoms with van der Waals surface area (Å²) in [6.07, 6.45) is 1.69. The van der Waals surface area contributed by atoms with Crippen LogP contribution in [-0.4, -0.2) is 31.1 Å². The van der Waals surface area contributed by atoms with Crippen LogP contribution in [0.5, 0.6) is 5.75 Å². The maximum Gasteiger partial charge on any atom is 0.251 e. The Hall–Kier alpha value is -3.29. The first-order valence-corrected chi connectivity index (χ1v) is 7.92. The number of benzene rings is 1. The molecule has 0 saturated heterocycles. The van der Waals surface area contributed by atoms with Crippen molar-refractivity contribution >= 4 is 5.91 Å². The third kappa shape index (κ3) is 4.37. The molecule has 0 saturated carbocycles. The SMILES string of the molecule is CCn1nnnc1COc1cccc(C(=O)NCc2ccccn2)c1. The fourth-order valence-electron chi connectivity index (χ4n) is 2.22. The fraction of sp³-hybridized carbons (Fsp3) is 0.235. The van der Waals surface area contributed by atoms with Gasteiger partial charge in [0.05, 0.1) is 12.2 Å². The Labute approximate surface area is 144 Å². The number of tetrazole rings is 1. The van der Waals surface area contributed by atoms with Crippen molar-refractivity contribution in [3.8, 4) is 5.75 Å². The number of carbonyl (C=O) groups excluding carboxylic acids is 1. The summed E-state index contributed by atoms with van der Waals surface area (Å²) in [7, 11) is 0. The molecule has 25 heavy (non-hydrogen) atoms. The van der Waals surface area contributed by atoms with Crippen LogP contribution in [0.1, 0.15) is 28.8 Å². The highest BCUT2D eigenvalue weighted by molar-refractivity contribution is 5.94. The normalized spacial score (nSPS) is 10.4. The van der Waals surface area contributed by atoms with E-state index in [1.807, 2.05) is 25.1 Å². The average molecular weight is 338 g/mol. The number of hydrogen-bond acceptors (Lipinski definition) is 6. The molecule has 1 N–H and O–H groups in total. The van der Waals surface area contributed by atoms with Crippen LogP contribution in [0, 0.1) is 0 Å². The van der Waals surface area contributed by atoms with Gasteiger partial charge in [0.15, 0.2) is 5.82 Å². The average Bonchev–Trinajstić information content (AvgIpc) is 3.13. The predicted octanol–water partition coefficient (Wildman–Crippen LogP) is 1.60. The van der Waals surface area contributed by atoms with Gasteiger partial charge in [-0.05, 0) is 47.7 Å². The lowest BCUT2D eigenvalue weighted by Gasteiger charge is -2.08. The molecule has 0 aliphatic carbocycles. The van der Waals surface area contributed by atoms with Crippen LogP contribution in [0.15, 0.2) is 48.7 Å². The van der Waals surface area contributed by atoms with Gasteiger partial charge in [0.25, 0.3) is 5.91 Å². The minimum absolute atomic E-state index is 0.186. The number of carbonyl (C=O) groups is 1. The maximum absolute atomic E-state index is 12.3. The Morgan fingerprint density at radius 3 is 2.96 bits per heavy atom. The van der Waals surface area contributed by atoms with Gasteiger partial charge in [-0.25, -0.2) is 4.68 Å². The summed E-state index contributed by atoms with van der Waals surface area (Å²) < 4.78 is 7.35. The predicted molar refractivity (Wildman–Crippen MR) is 89.7 cm³/mol. The Morgan fingerprint density at radius 1 is 1.24 bits per heavy atom. The first-order valence-electron chi connectivity index (χ1n) is 7.92. The molecule has 2 heterocycles. The molecule has 0 atom stereocenters. The second-order valence-electron chi connectivity index (χ2n) is 5.23. The third-order valence-corrected chi connectivity index (χ3v) is 3.53. The van der Waals surface area contributed by atoms with E-state index in [4.69, 9.17) is 4.74 Å². The Balaban J connectivity index is 1.59. The summed E-state index contributed by atoms with van der Waals surface area (Å²) in [4.78, 5) is 16.4. The van der Waals surface area contributed by atoms with Crippen molar-refractivity contribution in [3.63, 3.8) is 0 Å². The van der Waals surface area contributed by atoms with Crippen LogP contribution in [-0.2, 0) is 19.7 Å². The van der Waals surface area contributed by atoms with Crippen LogP contribution < -0.4 is 10.1 Å². The molecule has 128 valence electrons. The number of aromatic nitrogens is 5. The monoisotopic (exact) mass is 338 g/mol. The van der Waals surface area contributed by atoms with E-state index >= 15 is 0 Å². The number of ether oxygens (including phenoxy) is 1. The van der Waals surface area contributed by atoms with Gasteiger partial charge in [0.1, 0.15) is 12.4 Å². The van der Waals surface area contributed by atoms with Crippen LogP contribution in [0.4, 0.5) is 0 Å². The van der Waals surface area contributed by atoms with Crippen LogP contribution in [0.3, 0.4) is 0 Å². The molecule has 2 aromatic heterocycles. The van der Waals surface area contributed by atoms with E-state index in [0.29, 0.717) is 30.2 Å². The maximum atomic E-state index is 12.3. The van der Waals surface area contributed by atoms with Gasteiger partial charge in [-0.3, -0.25) is 9.78 Å². The van der Waals surface area contributed by atoms with Crippen molar-refractivity contribution in [1.82, 2.24) is 30.5 Å². The lowest BCUT2D eigenvalue weighted by atomic mass is 10.2. The highest BCUT2D eigenvalue weighted by Crippen LogP contribution is 2.15. The molecule has 0 aliphatic heterocycles. The van der Waals surface area contributed by atoms with Crippen molar-refractivity contribution in [1.29, 1.82) is 0 Å². The van der Waals surface area contributed by atoms with E-state index in [1.165, 1.54) is 0 Å². The highest BCUT2D eigenvalue weighted by Gasteiger charge is 2.09. The summed E-state index contributed by atoms with van der Waals surface area (Å²) in [6.45, 7) is 3.23. The number of nitrogens with zero attached hydrogens (tertiary/aromatic N) is 5. The minimum atomic E-state index is -0.186. The summed E-state index contributed by atoms with van der Waals surface area (Å²) >= 11 is 0. The van der Waals surface area contributed by atoms with Crippen LogP contribution >= 0.6 is 0 Å². The molecule has 8 heteroatoms. The Bertz CT molecular complexity index is 834. The molecule has 1 amide bonds. The van der Waals surface area contributed by atoms with Crippen molar-refractivity contribution in [2.75, 3.05) is 0 Å². The molecule has 0 radical (unpaired) electrons. The summed E-state index contributed by atoms with van der Waals surface area (Å²) in [5, 5.41) is 14.2. The number of amides is 1. The van der Waals surface area contributed by atoms with E-state index in [-0.39, 0.29) is 12.5 Å². The topological polar surface area (TPSA) is 94.8 Å². The molecule has 3 aromatic rings. The highest BCUT2D eigenvalue weighted by atomic mass is 16.5. The molecule has 0 unspecified atom stereocenters. The van der Waals surface area contributed by atoms with E-state index in [0.717, 1.165) is 5.69 Å². The molecule has 8 nitrogen and oxygen atoms in total. The molecule has 0 bridgehead atoms. The van der Waals surface area contributed by atoms with Gasteiger partial charge < -0.3 is 10.1 Å². The molecular formula is C17H18N6O2. The quantitative estimate of drug-likeness (QED) is 0.703. The third-order valence-electron chi connectivity index (χ3n) is 3.53. The van der Waals surface area contributed by atoms with E-state index < -0.39 is 0 Å². The van der Waals surface area contributed by atoms with Crippen molar-refractivity contribution in [3.05, 3.63) is 65.7 Å². The molecule has 3 rings (SSSR count). The smallest absolute Gasteiger partial charge is 0.251 e. The van der Waals surface area contributed by atoms with Gasteiger partial charge in [-0.15, -0.1) is 5.10 Å². The summed E-state index contributed by atoms with van der Waals surface area (Å²) in [5.74, 6) is 1.03. The fourth-order valence-corrected chi connectivity index (χ4v) is 2.22. The number of pyridine rings is 1. The van der Waals surface area contributed by atoms with Crippen molar-refractivity contribution in [2.45, 2.75) is 26.6 Å². The lowest BCUT2D eigenvalue weighted by Crippen LogP contribution is -2.23. The zero-order chi connectivity index (χ0) is 17.5.